The van der Waals surface area contributed by atoms with E-state index < -0.39 is 5.82 Å². The van der Waals surface area contributed by atoms with E-state index in [-0.39, 0.29) is 33.6 Å². The fourth-order valence-electron chi connectivity index (χ4n) is 3.08. The van der Waals surface area contributed by atoms with Gasteiger partial charge in [-0.2, -0.15) is 0 Å². The number of aromatic nitrogens is 1. The topological polar surface area (TPSA) is 76.5 Å². The van der Waals surface area contributed by atoms with Gasteiger partial charge >= 0.3 is 0 Å². The van der Waals surface area contributed by atoms with Gasteiger partial charge in [0, 0.05) is 11.6 Å². The Morgan fingerprint density at radius 1 is 0.962 bits per heavy atom. The van der Waals surface area contributed by atoms with Gasteiger partial charge < -0.3 is 13.9 Å². The highest BCUT2D eigenvalue weighted by molar-refractivity contribution is 6.06. The van der Waals surface area contributed by atoms with E-state index in [1.54, 1.807) is 36.4 Å². The molecule has 1 N–H and O–H groups in total. The average molecular weight is 347 g/mol. The number of hydrogen-bond acceptors (Lipinski definition) is 5. The fourth-order valence-corrected chi connectivity index (χ4v) is 3.08. The predicted octanol–water partition coefficient (Wildman–Crippen LogP) is 4.60. The summed E-state index contributed by atoms with van der Waals surface area (Å²) in [5.74, 6) is -0.508. The van der Waals surface area contributed by atoms with E-state index >= 15 is 0 Å². The highest BCUT2D eigenvalue weighted by Crippen LogP contribution is 2.35. The van der Waals surface area contributed by atoms with Gasteiger partial charge in [0.25, 0.3) is 0 Å². The number of hydrogen-bond donors (Lipinski definition) is 1. The maximum atomic E-state index is 13.5. The summed E-state index contributed by atoms with van der Waals surface area (Å²) in [5.41, 5.74) is 1.14. The number of nitrogens with zero attached hydrogens (tertiary/aromatic N) is 1. The zero-order valence-electron chi connectivity index (χ0n) is 13.2. The fraction of sp³-hybridized carbons (Fsp3) is 0. The molecule has 2 heterocycles. The molecule has 5 rings (SSSR count). The molecule has 0 spiro atoms. The van der Waals surface area contributed by atoms with Crippen LogP contribution in [0.4, 0.5) is 4.39 Å². The molecule has 0 fully saturated rings. The summed E-state index contributed by atoms with van der Waals surface area (Å²) >= 11 is 0. The van der Waals surface area contributed by atoms with Gasteiger partial charge in [-0.25, -0.2) is 9.37 Å². The number of fused-ring (bicyclic) bond motifs is 4. The number of benzene rings is 3. The van der Waals surface area contributed by atoms with Gasteiger partial charge in [-0.15, -0.1) is 0 Å². The molecule has 5 aromatic rings. The van der Waals surface area contributed by atoms with Crippen LogP contribution in [0.15, 0.2) is 68.2 Å². The molecule has 0 amide bonds. The highest BCUT2D eigenvalue weighted by atomic mass is 19.1. The van der Waals surface area contributed by atoms with Gasteiger partial charge in [-0.05, 0) is 30.3 Å². The largest absolute Gasteiger partial charge is 0.507 e. The van der Waals surface area contributed by atoms with Crippen molar-refractivity contribution >= 4 is 33.0 Å². The Balaban J connectivity index is 1.91. The molecule has 0 bridgehead atoms. The lowest BCUT2D eigenvalue weighted by Gasteiger charge is -2.03. The molecule has 0 saturated carbocycles. The first-order valence-electron chi connectivity index (χ1n) is 7.86. The first kappa shape index (κ1) is 14.7. The molecule has 2 aromatic heterocycles. The van der Waals surface area contributed by atoms with E-state index in [4.69, 9.17) is 8.83 Å². The summed E-state index contributed by atoms with van der Waals surface area (Å²) in [6.07, 6.45) is 0. The molecule has 0 radical (unpaired) electrons. The molecule has 0 unspecified atom stereocenters. The third-order valence-electron chi connectivity index (χ3n) is 4.26. The van der Waals surface area contributed by atoms with Crippen molar-refractivity contribution in [2.75, 3.05) is 0 Å². The normalized spacial score (nSPS) is 11.6. The molecule has 0 aliphatic heterocycles. The van der Waals surface area contributed by atoms with Crippen LogP contribution in [0.25, 0.3) is 44.5 Å². The lowest BCUT2D eigenvalue weighted by Crippen LogP contribution is -2.02. The third-order valence-corrected chi connectivity index (χ3v) is 4.26. The average Bonchev–Trinajstić information content (AvgIpc) is 3.06. The van der Waals surface area contributed by atoms with Crippen molar-refractivity contribution in [3.05, 3.63) is 70.6 Å². The first-order chi connectivity index (χ1) is 12.6. The van der Waals surface area contributed by atoms with Crippen molar-refractivity contribution in [1.82, 2.24) is 4.98 Å². The van der Waals surface area contributed by atoms with Gasteiger partial charge in [-0.1, -0.05) is 18.2 Å². The summed E-state index contributed by atoms with van der Waals surface area (Å²) in [6.45, 7) is 0. The van der Waals surface area contributed by atoms with E-state index in [2.05, 4.69) is 4.98 Å². The minimum atomic E-state index is -0.421. The van der Waals surface area contributed by atoms with Gasteiger partial charge in [0.1, 0.15) is 22.5 Å². The molecule has 3 aromatic carbocycles. The maximum absolute atomic E-state index is 13.5. The minimum Gasteiger partial charge on any atom is -0.507 e. The number of para-hydroxylation sites is 1. The first-order valence-corrected chi connectivity index (χ1v) is 7.86. The summed E-state index contributed by atoms with van der Waals surface area (Å²) < 4.78 is 25.0. The van der Waals surface area contributed by atoms with Crippen LogP contribution in [0.1, 0.15) is 0 Å². The predicted molar refractivity (Wildman–Crippen MR) is 94.6 cm³/mol. The van der Waals surface area contributed by atoms with Crippen molar-refractivity contribution < 1.29 is 18.3 Å². The second kappa shape index (κ2) is 5.16. The third kappa shape index (κ3) is 2.02. The number of rotatable bonds is 1. The lowest BCUT2D eigenvalue weighted by atomic mass is 10.1. The number of phenolic OH excluding ortho intramolecular Hbond substituents is 1. The van der Waals surface area contributed by atoms with E-state index in [0.29, 0.717) is 22.0 Å². The Kier molecular flexibility index (Phi) is 2.91. The van der Waals surface area contributed by atoms with E-state index in [9.17, 15) is 14.3 Å². The van der Waals surface area contributed by atoms with Crippen molar-refractivity contribution in [3.8, 4) is 17.2 Å². The molecule has 5 nitrogen and oxygen atoms in total. The molecule has 0 atom stereocenters. The Hall–Kier alpha value is -3.67. The van der Waals surface area contributed by atoms with Crippen LogP contribution in [-0.2, 0) is 0 Å². The van der Waals surface area contributed by atoms with Crippen molar-refractivity contribution in [3.63, 3.8) is 0 Å². The number of aromatic hydroxyl groups is 1. The molecule has 126 valence electrons. The Labute approximate surface area is 144 Å². The van der Waals surface area contributed by atoms with Crippen LogP contribution in [0, 0.1) is 5.82 Å². The highest BCUT2D eigenvalue weighted by Gasteiger charge is 2.19. The number of oxazole rings is 1. The number of phenols is 1. The molecular formula is C20H10FNO4. The molecule has 6 heteroatoms. The quantitative estimate of drug-likeness (QED) is 0.449. The van der Waals surface area contributed by atoms with E-state index in [1.165, 1.54) is 18.2 Å². The van der Waals surface area contributed by atoms with Gasteiger partial charge in [0.2, 0.25) is 11.3 Å². The molecule has 0 saturated heterocycles. The zero-order chi connectivity index (χ0) is 17.8. The van der Waals surface area contributed by atoms with Crippen LogP contribution in [0.2, 0.25) is 0 Å². The number of halogens is 1. The minimum absolute atomic E-state index is 0.0373. The second-order valence-electron chi connectivity index (χ2n) is 5.90. The second-order valence-corrected chi connectivity index (χ2v) is 5.90. The Morgan fingerprint density at radius 2 is 1.81 bits per heavy atom. The van der Waals surface area contributed by atoms with Crippen LogP contribution >= 0.6 is 0 Å². The van der Waals surface area contributed by atoms with Gasteiger partial charge in [-0.3, -0.25) is 4.79 Å². The van der Waals surface area contributed by atoms with Crippen LogP contribution in [0.3, 0.4) is 0 Å². The Bertz CT molecular complexity index is 1380. The van der Waals surface area contributed by atoms with E-state index in [0.717, 1.165) is 0 Å². The summed E-state index contributed by atoms with van der Waals surface area (Å²) in [4.78, 5) is 17.1. The summed E-state index contributed by atoms with van der Waals surface area (Å²) in [6, 6.07) is 13.9. The van der Waals surface area contributed by atoms with Gasteiger partial charge in [0.15, 0.2) is 16.7 Å². The van der Waals surface area contributed by atoms with Crippen LogP contribution < -0.4 is 5.43 Å². The lowest BCUT2D eigenvalue weighted by molar-refractivity contribution is 0.479. The van der Waals surface area contributed by atoms with Crippen molar-refractivity contribution in [2.24, 2.45) is 0 Å². The smallest absolute Gasteiger partial charge is 0.227 e. The van der Waals surface area contributed by atoms with Crippen LogP contribution in [0.5, 0.6) is 5.75 Å². The zero-order valence-corrected chi connectivity index (χ0v) is 13.2. The molecule has 26 heavy (non-hydrogen) atoms. The van der Waals surface area contributed by atoms with E-state index in [1.807, 2.05) is 0 Å². The van der Waals surface area contributed by atoms with Crippen LogP contribution in [-0.4, -0.2) is 10.1 Å². The summed E-state index contributed by atoms with van der Waals surface area (Å²) in [5, 5.41) is 10.7. The SMILES string of the molecule is O=c1c2ccccc2oc2c1c(O)cc1oc(-c3cccc(F)c3)nc12. The summed E-state index contributed by atoms with van der Waals surface area (Å²) in [7, 11) is 0. The Morgan fingerprint density at radius 3 is 2.65 bits per heavy atom. The standard InChI is InChI=1S/C20H10FNO4/c21-11-5-3-4-10(8-11)20-22-17-15(26-20)9-13(23)16-18(24)12-6-1-2-7-14(12)25-19(16)17/h1-9,23H. The maximum Gasteiger partial charge on any atom is 0.227 e. The molecule has 0 aliphatic rings. The van der Waals surface area contributed by atoms with Gasteiger partial charge in [0.05, 0.1) is 5.39 Å². The monoisotopic (exact) mass is 347 g/mol. The van der Waals surface area contributed by atoms with Crippen molar-refractivity contribution in [2.45, 2.75) is 0 Å². The van der Waals surface area contributed by atoms with Crippen molar-refractivity contribution in [1.29, 1.82) is 0 Å². The molecule has 0 aliphatic carbocycles. The molecular weight excluding hydrogens is 337 g/mol.